The Morgan fingerprint density at radius 2 is 1.60 bits per heavy atom. The lowest BCUT2D eigenvalue weighted by atomic mass is 9.66. The first-order chi connectivity index (χ1) is 12.1. The molecule has 0 saturated heterocycles. The quantitative estimate of drug-likeness (QED) is 0.770. The van der Waals surface area contributed by atoms with E-state index in [1.807, 2.05) is 36.4 Å². The molecule has 5 nitrogen and oxygen atoms in total. The molecule has 2 aromatic carbocycles. The average Bonchev–Trinajstić information content (AvgIpc) is 2.61. The van der Waals surface area contributed by atoms with Gasteiger partial charge < -0.3 is 19.7 Å². The standard InChI is InChI=1S/C20H18O5/c21-12-7-8-14(23)19-18(12)13(22)9-10-20(19)24-15-5-1-3-11-4-2-6-16(25-20)17(11)15/h1-6,9-10,12,14,18-19,21,23H,7-8H2/t12-,14+,18-,19+/m0/s1. The summed E-state index contributed by atoms with van der Waals surface area (Å²) in [5.74, 6) is -1.54. The minimum Gasteiger partial charge on any atom is -0.448 e. The number of carbonyl (C=O) groups excluding carboxylic acids is 1. The first-order valence-electron chi connectivity index (χ1n) is 8.58. The molecule has 1 heterocycles. The Kier molecular flexibility index (Phi) is 3.03. The molecule has 0 unspecified atom stereocenters. The van der Waals surface area contributed by atoms with Crippen molar-refractivity contribution in [1.82, 2.24) is 0 Å². The SMILES string of the molecule is O=C1C=CC2(Oc3cccc4cccc(c34)O2)[C@H]2[C@H]1[C@@H](O)CC[C@H]2O. The topological polar surface area (TPSA) is 76.0 Å². The van der Waals surface area contributed by atoms with Gasteiger partial charge in [-0.15, -0.1) is 0 Å². The maximum absolute atomic E-state index is 12.4. The van der Waals surface area contributed by atoms with Crippen molar-refractivity contribution >= 4 is 16.6 Å². The summed E-state index contributed by atoms with van der Waals surface area (Å²) in [6.07, 6.45) is 2.21. The van der Waals surface area contributed by atoms with Crippen LogP contribution in [-0.2, 0) is 4.79 Å². The van der Waals surface area contributed by atoms with Crippen molar-refractivity contribution in [3.63, 3.8) is 0 Å². The minimum absolute atomic E-state index is 0.189. The summed E-state index contributed by atoms with van der Waals surface area (Å²) >= 11 is 0. The fourth-order valence-electron chi connectivity index (χ4n) is 4.50. The van der Waals surface area contributed by atoms with E-state index >= 15 is 0 Å². The molecule has 25 heavy (non-hydrogen) atoms. The molecular weight excluding hydrogens is 320 g/mol. The van der Waals surface area contributed by atoms with Crippen LogP contribution in [0.1, 0.15) is 12.8 Å². The second kappa shape index (κ2) is 5.07. The molecule has 128 valence electrons. The average molecular weight is 338 g/mol. The third kappa shape index (κ3) is 2.00. The number of benzene rings is 2. The molecule has 0 aromatic heterocycles. The second-order valence-corrected chi connectivity index (χ2v) is 7.04. The molecule has 1 saturated carbocycles. The van der Waals surface area contributed by atoms with Gasteiger partial charge in [0.2, 0.25) is 0 Å². The van der Waals surface area contributed by atoms with Crippen LogP contribution in [0.4, 0.5) is 0 Å². The maximum Gasteiger partial charge on any atom is 0.277 e. The fraction of sp³-hybridized carbons (Fsp3) is 0.350. The number of hydrogen-bond donors (Lipinski definition) is 2. The number of aliphatic hydroxyl groups is 2. The number of ether oxygens (including phenoxy) is 2. The molecule has 2 aromatic rings. The van der Waals surface area contributed by atoms with Gasteiger partial charge in [-0.25, -0.2) is 0 Å². The molecule has 0 radical (unpaired) electrons. The maximum atomic E-state index is 12.4. The van der Waals surface area contributed by atoms with Crippen molar-refractivity contribution in [3.8, 4) is 11.5 Å². The van der Waals surface area contributed by atoms with Crippen molar-refractivity contribution in [2.75, 3.05) is 0 Å². The van der Waals surface area contributed by atoms with Crippen LogP contribution in [0.15, 0.2) is 48.6 Å². The highest BCUT2D eigenvalue weighted by atomic mass is 16.7. The third-order valence-corrected chi connectivity index (χ3v) is 5.61. The predicted octanol–water partition coefficient (Wildman–Crippen LogP) is 2.19. The van der Waals surface area contributed by atoms with Gasteiger partial charge in [0.25, 0.3) is 5.79 Å². The van der Waals surface area contributed by atoms with Crippen molar-refractivity contribution in [2.45, 2.75) is 30.8 Å². The van der Waals surface area contributed by atoms with Gasteiger partial charge in [0.15, 0.2) is 5.78 Å². The fourth-order valence-corrected chi connectivity index (χ4v) is 4.50. The van der Waals surface area contributed by atoms with E-state index in [-0.39, 0.29) is 5.78 Å². The molecule has 0 amide bonds. The lowest BCUT2D eigenvalue weighted by molar-refractivity contribution is -0.199. The number of hydrogen-bond acceptors (Lipinski definition) is 5. The summed E-state index contributed by atoms with van der Waals surface area (Å²) in [7, 11) is 0. The van der Waals surface area contributed by atoms with Crippen LogP contribution >= 0.6 is 0 Å². The molecule has 1 spiro atoms. The van der Waals surface area contributed by atoms with Gasteiger partial charge in [-0.05, 0) is 36.4 Å². The summed E-state index contributed by atoms with van der Waals surface area (Å²) in [5, 5.41) is 22.9. The zero-order valence-electron chi connectivity index (χ0n) is 13.5. The van der Waals surface area contributed by atoms with Crippen LogP contribution in [0.3, 0.4) is 0 Å². The zero-order chi connectivity index (χ0) is 17.2. The molecule has 1 aliphatic heterocycles. The number of allylic oxidation sites excluding steroid dienone is 1. The highest BCUT2D eigenvalue weighted by molar-refractivity contribution is 5.96. The summed E-state index contributed by atoms with van der Waals surface area (Å²) in [4.78, 5) is 12.4. The Balaban J connectivity index is 1.69. The van der Waals surface area contributed by atoms with Crippen LogP contribution in [0.2, 0.25) is 0 Å². The largest absolute Gasteiger partial charge is 0.448 e. The van der Waals surface area contributed by atoms with Crippen molar-refractivity contribution in [3.05, 3.63) is 48.6 Å². The molecule has 2 aliphatic carbocycles. The molecule has 5 heteroatoms. The van der Waals surface area contributed by atoms with Gasteiger partial charge in [-0.3, -0.25) is 4.79 Å². The Morgan fingerprint density at radius 3 is 2.28 bits per heavy atom. The van der Waals surface area contributed by atoms with E-state index in [1.54, 1.807) is 6.08 Å². The van der Waals surface area contributed by atoms with E-state index in [0.29, 0.717) is 24.3 Å². The second-order valence-electron chi connectivity index (χ2n) is 7.04. The Bertz CT molecular complexity index is 861. The summed E-state index contributed by atoms with van der Waals surface area (Å²) < 4.78 is 12.5. The Labute approximate surface area is 144 Å². The lowest BCUT2D eigenvalue weighted by Gasteiger charge is -2.50. The van der Waals surface area contributed by atoms with E-state index in [2.05, 4.69) is 0 Å². The predicted molar refractivity (Wildman–Crippen MR) is 90.3 cm³/mol. The highest BCUT2D eigenvalue weighted by Gasteiger charge is 2.58. The number of carbonyl (C=O) groups is 1. The first kappa shape index (κ1) is 14.9. The molecular formula is C20H18O5. The van der Waals surface area contributed by atoms with E-state index in [1.165, 1.54) is 6.08 Å². The molecule has 5 rings (SSSR count). The van der Waals surface area contributed by atoms with Crippen LogP contribution in [0.5, 0.6) is 11.5 Å². The van der Waals surface area contributed by atoms with Gasteiger partial charge in [0.05, 0.1) is 29.4 Å². The van der Waals surface area contributed by atoms with Crippen LogP contribution in [-0.4, -0.2) is 34.0 Å². The lowest BCUT2D eigenvalue weighted by Crippen LogP contribution is -2.62. The Morgan fingerprint density at radius 1 is 0.960 bits per heavy atom. The molecule has 0 bridgehead atoms. The van der Waals surface area contributed by atoms with Gasteiger partial charge in [0.1, 0.15) is 11.5 Å². The van der Waals surface area contributed by atoms with Crippen LogP contribution in [0, 0.1) is 11.8 Å². The zero-order valence-corrected chi connectivity index (χ0v) is 13.5. The van der Waals surface area contributed by atoms with Crippen molar-refractivity contribution in [2.24, 2.45) is 11.8 Å². The van der Waals surface area contributed by atoms with E-state index in [9.17, 15) is 15.0 Å². The molecule has 3 aliphatic rings. The summed E-state index contributed by atoms with van der Waals surface area (Å²) in [6.45, 7) is 0. The van der Waals surface area contributed by atoms with E-state index in [4.69, 9.17) is 9.47 Å². The smallest absolute Gasteiger partial charge is 0.277 e. The van der Waals surface area contributed by atoms with Gasteiger partial charge in [0, 0.05) is 6.08 Å². The van der Waals surface area contributed by atoms with Crippen LogP contribution in [0.25, 0.3) is 10.8 Å². The number of ketones is 1. The number of aliphatic hydroxyl groups excluding tert-OH is 2. The van der Waals surface area contributed by atoms with Gasteiger partial charge in [-0.1, -0.05) is 24.3 Å². The number of rotatable bonds is 0. The molecule has 2 N–H and O–H groups in total. The third-order valence-electron chi connectivity index (χ3n) is 5.61. The molecule has 4 atom stereocenters. The van der Waals surface area contributed by atoms with E-state index in [0.717, 1.165) is 10.8 Å². The van der Waals surface area contributed by atoms with Gasteiger partial charge in [-0.2, -0.15) is 0 Å². The molecule has 1 fully saturated rings. The number of fused-ring (bicyclic) bond motifs is 2. The minimum atomic E-state index is -1.29. The van der Waals surface area contributed by atoms with Crippen molar-refractivity contribution in [1.29, 1.82) is 0 Å². The summed E-state index contributed by atoms with van der Waals surface area (Å²) in [5.41, 5.74) is 0. The van der Waals surface area contributed by atoms with Gasteiger partial charge >= 0.3 is 0 Å². The van der Waals surface area contributed by atoms with Crippen molar-refractivity contribution < 1.29 is 24.5 Å². The van der Waals surface area contributed by atoms with Crippen LogP contribution < -0.4 is 9.47 Å². The monoisotopic (exact) mass is 338 g/mol. The Hall–Kier alpha value is -2.37. The first-order valence-corrected chi connectivity index (χ1v) is 8.58. The van der Waals surface area contributed by atoms with E-state index < -0.39 is 29.8 Å². The highest BCUT2D eigenvalue weighted by Crippen LogP contribution is 2.50. The summed E-state index contributed by atoms with van der Waals surface area (Å²) in [6, 6.07) is 11.5. The normalized spacial score (nSPS) is 32.2.